The van der Waals surface area contributed by atoms with Crippen molar-refractivity contribution in [3.63, 3.8) is 0 Å². The minimum Gasteiger partial charge on any atom is -0.399 e. The van der Waals surface area contributed by atoms with Crippen molar-refractivity contribution in [3.05, 3.63) is 59.4 Å². The molecule has 2 aromatic carbocycles. The Bertz CT molecular complexity index is 545. The minimum absolute atomic E-state index is 0.162. The Morgan fingerprint density at radius 3 is 2.06 bits per heavy atom. The van der Waals surface area contributed by atoms with E-state index in [0.29, 0.717) is 0 Å². The summed E-state index contributed by atoms with van der Waals surface area (Å²) >= 11 is 0. The van der Waals surface area contributed by atoms with Gasteiger partial charge in [0.1, 0.15) is 5.82 Å². The molecule has 86 valence electrons. The summed E-state index contributed by atoms with van der Waals surface area (Å²) in [7, 11) is 0. The second-order valence-electron chi connectivity index (χ2n) is 3.78. The van der Waals surface area contributed by atoms with Crippen LogP contribution >= 0.6 is 0 Å². The van der Waals surface area contributed by atoms with Crippen LogP contribution in [0.2, 0.25) is 0 Å². The number of rotatable bonds is 2. The van der Waals surface area contributed by atoms with E-state index < -0.39 is 5.82 Å². The average molecular weight is 228 g/mol. The lowest BCUT2D eigenvalue weighted by Crippen LogP contribution is -1.89. The van der Waals surface area contributed by atoms with Gasteiger partial charge in [-0.15, -0.1) is 0 Å². The van der Waals surface area contributed by atoms with E-state index in [2.05, 4.69) is 0 Å². The van der Waals surface area contributed by atoms with Crippen LogP contribution in [-0.2, 0) is 0 Å². The van der Waals surface area contributed by atoms with Crippen LogP contribution in [0.25, 0.3) is 12.2 Å². The van der Waals surface area contributed by atoms with Crippen molar-refractivity contribution < 1.29 is 4.39 Å². The third-order valence-corrected chi connectivity index (χ3v) is 2.43. The zero-order chi connectivity index (χ0) is 12.3. The van der Waals surface area contributed by atoms with Crippen LogP contribution in [0.5, 0.6) is 0 Å². The third kappa shape index (κ3) is 2.84. The van der Waals surface area contributed by atoms with Crippen LogP contribution in [0.3, 0.4) is 0 Å². The second kappa shape index (κ2) is 4.70. The van der Waals surface area contributed by atoms with Gasteiger partial charge in [0.25, 0.3) is 0 Å². The monoisotopic (exact) mass is 228 g/mol. The number of hydrogen-bond acceptors (Lipinski definition) is 2. The SMILES string of the molecule is Nc1ccc(/C=C/c2ccc(N)c(F)c2)cc1. The van der Waals surface area contributed by atoms with Crippen LogP contribution in [0.1, 0.15) is 11.1 Å². The van der Waals surface area contributed by atoms with Crippen molar-refractivity contribution >= 4 is 23.5 Å². The number of hydrogen-bond donors (Lipinski definition) is 2. The fraction of sp³-hybridized carbons (Fsp3) is 0. The first-order valence-corrected chi connectivity index (χ1v) is 5.24. The first-order valence-electron chi connectivity index (χ1n) is 5.24. The van der Waals surface area contributed by atoms with Gasteiger partial charge >= 0.3 is 0 Å². The van der Waals surface area contributed by atoms with Crippen LogP contribution in [0, 0.1) is 5.82 Å². The zero-order valence-electron chi connectivity index (χ0n) is 9.23. The number of nitrogen functional groups attached to an aromatic ring is 2. The fourth-order valence-electron chi connectivity index (χ4n) is 1.45. The lowest BCUT2D eigenvalue weighted by molar-refractivity contribution is 0.632. The Morgan fingerprint density at radius 2 is 1.41 bits per heavy atom. The van der Waals surface area contributed by atoms with Crippen molar-refractivity contribution in [2.24, 2.45) is 0 Å². The van der Waals surface area contributed by atoms with Crippen LogP contribution in [-0.4, -0.2) is 0 Å². The first kappa shape index (κ1) is 11.2. The molecule has 2 nitrogen and oxygen atoms in total. The molecular weight excluding hydrogens is 215 g/mol. The molecule has 0 atom stereocenters. The zero-order valence-corrected chi connectivity index (χ0v) is 9.23. The molecule has 17 heavy (non-hydrogen) atoms. The molecule has 2 rings (SSSR count). The molecule has 0 aromatic heterocycles. The summed E-state index contributed by atoms with van der Waals surface area (Å²) < 4.78 is 13.2. The molecule has 0 unspecified atom stereocenters. The first-order chi connectivity index (χ1) is 8.15. The number of benzene rings is 2. The fourth-order valence-corrected chi connectivity index (χ4v) is 1.45. The number of nitrogens with two attached hydrogens (primary N) is 2. The predicted octanol–water partition coefficient (Wildman–Crippen LogP) is 3.16. The smallest absolute Gasteiger partial charge is 0.146 e. The van der Waals surface area contributed by atoms with E-state index in [1.807, 2.05) is 36.4 Å². The topological polar surface area (TPSA) is 52.0 Å². The minimum atomic E-state index is -0.399. The van der Waals surface area contributed by atoms with Gasteiger partial charge in [0.05, 0.1) is 5.69 Å². The summed E-state index contributed by atoms with van der Waals surface area (Å²) in [5, 5.41) is 0. The molecule has 0 fully saturated rings. The molecule has 0 spiro atoms. The lowest BCUT2D eigenvalue weighted by atomic mass is 10.1. The predicted molar refractivity (Wildman–Crippen MR) is 70.6 cm³/mol. The molecule has 0 amide bonds. The third-order valence-electron chi connectivity index (χ3n) is 2.43. The average Bonchev–Trinajstić information content (AvgIpc) is 2.33. The second-order valence-corrected chi connectivity index (χ2v) is 3.78. The summed E-state index contributed by atoms with van der Waals surface area (Å²) in [5.41, 5.74) is 13.6. The van der Waals surface area contributed by atoms with Gasteiger partial charge in [0, 0.05) is 5.69 Å². The lowest BCUT2D eigenvalue weighted by Gasteiger charge is -1.98. The van der Waals surface area contributed by atoms with Gasteiger partial charge in [-0.25, -0.2) is 4.39 Å². The van der Waals surface area contributed by atoms with E-state index in [9.17, 15) is 4.39 Å². The van der Waals surface area contributed by atoms with Gasteiger partial charge in [-0.3, -0.25) is 0 Å². The summed E-state index contributed by atoms with van der Waals surface area (Å²) in [6.07, 6.45) is 3.72. The molecule has 0 saturated carbocycles. The Morgan fingerprint density at radius 1 is 0.824 bits per heavy atom. The highest BCUT2D eigenvalue weighted by Crippen LogP contribution is 2.15. The van der Waals surface area contributed by atoms with E-state index in [0.717, 1.165) is 16.8 Å². The van der Waals surface area contributed by atoms with Crippen molar-refractivity contribution in [1.82, 2.24) is 0 Å². The maximum absolute atomic E-state index is 13.2. The molecule has 0 heterocycles. The molecule has 0 saturated heterocycles. The molecule has 3 heteroatoms. The number of halogens is 1. The van der Waals surface area contributed by atoms with Gasteiger partial charge in [0.2, 0.25) is 0 Å². The number of anilines is 2. The van der Waals surface area contributed by atoms with E-state index in [1.54, 1.807) is 12.1 Å². The maximum atomic E-state index is 13.2. The van der Waals surface area contributed by atoms with Gasteiger partial charge in [-0.1, -0.05) is 30.4 Å². The summed E-state index contributed by atoms with van der Waals surface area (Å²) in [4.78, 5) is 0. The van der Waals surface area contributed by atoms with E-state index in [-0.39, 0.29) is 5.69 Å². The summed E-state index contributed by atoms with van der Waals surface area (Å²) in [5.74, 6) is -0.399. The molecule has 4 N–H and O–H groups in total. The van der Waals surface area contributed by atoms with Crippen LogP contribution < -0.4 is 11.5 Å². The Balaban J connectivity index is 2.20. The molecular formula is C14H13FN2. The quantitative estimate of drug-likeness (QED) is 0.612. The molecule has 0 bridgehead atoms. The molecule has 0 aliphatic carbocycles. The summed E-state index contributed by atoms with van der Waals surface area (Å²) in [6.45, 7) is 0. The van der Waals surface area contributed by atoms with E-state index in [1.165, 1.54) is 6.07 Å². The van der Waals surface area contributed by atoms with Crippen molar-refractivity contribution in [2.45, 2.75) is 0 Å². The van der Waals surface area contributed by atoms with Crippen LogP contribution in [0.4, 0.5) is 15.8 Å². The Kier molecular flexibility index (Phi) is 3.10. The van der Waals surface area contributed by atoms with Gasteiger partial charge in [0.15, 0.2) is 0 Å². The molecule has 0 aliphatic rings. The van der Waals surface area contributed by atoms with Gasteiger partial charge in [-0.2, -0.15) is 0 Å². The van der Waals surface area contributed by atoms with Crippen molar-refractivity contribution in [3.8, 4) is 0 Å². The largest absolute Gasteiger partial charge is 0.399 e. The highest BCUT2D eigenvalue weighted by molar-refractivity contribution is 5.71. The Labute approximate surface area is 99.4 Å². The standard InChI is InChI=1S/C14H13FN2/c15-13-9-11(5-8-14(13)17)2-1-10-3-6-12(16)7-4-10/h1-9H,16-17H2/b2-1+. The Hall–Kier alpha value is -2.29. The normalized spacial score (nSPS) is 10.9. The molecule has 0 radical (unpaired) electrons. The van der Waals surface area contributed by atoms with E-state index in [4.69, 9.17) is 11.5 Å². The highest BCUT2D eigenvalue weighted by atomic mass is 19.1. The van der Waals surface area contributed by atoms with Gasteiger partial charge < -0.3 is 11.5 Å². The molecule has 0 aliphatic heterocycles. The van der Waals surface area contributed by atoms with E-state index >= 15 is 0 Å². The van der Waals surface area contributed by atoms with Gasteiger partial charge in [-0.05, 0) is 35.4 Å². The molecule has 2 aromatic rings. The van der Waals surface area contributed by atoms with Crippen LogP contribution in [0.15, 0.2) is 42.5 Å². The maximum Gasteiger partial charge on any atom is 0.146 e. The van der Waals surface area contributed by atoms with Crippen molar-refractivity contribution in [1.29, 1.82) is 0 Å². The van der Waals surface area contributed by atoms with Crippen molar-refractivity contribution in [2.75, 3.05) is 11.5 Å². The summed E-state index contributed by atoms with van der Waals surface area (Å²) in [6, 6.07) is 12.2. The highest BCUT2D eigenvalue weighted by Gasteiger charge is 1.97.